The summed E-state index contributed by atoms with van der Waals surface area (Å²) in [5.41, 5.74) is 4.07. The SMILES string of the molecule is N#Cc1cc2c(nc1N1CCN([C@@H](C(=O)O)c3c[nH]c4cc(F)ccc34)CC1)CCCC2. The van der Waals surface area contributed by atoms with Crippen molar-refractivity contribution in [3.8, 4) is 6.07 Å². The molecule has 0 radical (unpaired) electrons. The number of fused-ring (bicyclic) bond motifs is 2. The van der Waals surface area contributed by atoms with E-state index in [0.717, 1.165) is 31.4 Å². The standard InChI is InChI=1S/C24H24FN5O2/c25-17-5-6-18-19(14-27-21(18)12-17)22(24(31)32)29-7-9-30(10-8-29)23-16(13-26)11-15-3-1-2-4-20(15)28-23/h5-6,11-12,14,22,27H,1-4,7-10H2,(H,31,32)/t22-/m1/s1. The molecule has 2 N–H and O–H groups in total. The van der Waals surface area contributed by atoms with E-state index < -0.39 is 12.0 Å². The number of benzene rings is 1. The Morgan fingerprint density at radius 2 is 1.97 bits per heavy atom. The first-order valence-electron chi connectivity index (χ1n) is 11.0. The maximum absolute atomic E-state index is 13.6. The number of nitriles is 1. The van der Waals surface area contributed by atoms with Crippen molar-refractivity contribution >= 4 is 22.7 Å². The van der Waals surface area contributed by atoms with Crippen molar-refractivity contribution in [2.45, 2.75) is 31.7 Å². The first-order valence-corrected chi connectivity index (χ1v) is 11.0. The summed E-state index contributed by atoms with van der Waals surface area (Å²) < 4.78 is 13.6. The van der Waals surface area contributed by atoms with Gasteiger partial charge in [-0.05, 0) is 55.5 Å². The van der Waals surface area contributed by atoms with Gasteiger partial charge in [-0.1, -0.05) is 0 Å². The number of piperazine rings is 1. The van der Waals surface area contributed by atoms with Gasteiger partial charge in [0.2, 0.25) is 0 Å². The van der Waals surface area contributed by atoms with Crippen molar-refractivity contribution in [2.24, 2.45) is 0 Å². The first kappa shape index (κ1) is 20.5. The lowest BCUT2D eigenvalue weighted by molar-refractivity contribution is -0.143. The highest BCUT2D eigenvalue weighted by molar-refractivity contribution is 5.89. The number of aromatic amines is 1. The fraction of sp³-hybridized carbons (Fsp3) is 0.375. The van der Waals surface area contributed by atoms with Gasteiger partial charge in [-0.25, -0.2) is 9.37 Å². The Bertz CT molecular complexity index is 1220. The normalized spacial score (nSPS) is 17.7. The molecule has 3 heterocycles. The molecule has 7 nitrogen and oxygen atoms in total. The number of hydrogen-bond donors (Lipinski definition) is 2. The number of carboxylic acids is 1. The van der Waals surface area contributed by atoms with Crippen molar-refractivity contribution in [3.63, 3.8) is 0 Å². The molecule has 32 heavy (non-hydrogen) atoms. The minimum atomic E-state index is -0.937. The van der Waals surface area contributed by atoms with Gasteiger partial charge >= 0.3 is 5.97 Å². The number of nitrogens with one attached hydrogen (secondary N) is 1. The molecule has 164 valence electrons. The number of aliphatic carboxylic acids is 1. The third-order valence-corrected chi connectivity index (χ3v) is 6.58. The maximum atomic E-state index is 13.6. The highest BCUT2D eigenvalue weighted by Gasteiger charge is 2.33. The second-order valence-electron chi connectivity index (χ2n) is 8.48. The van der Waals surface area contributed by atoms with Gasteiger partial charge in [0.25, 0.3) is 0 Å². The van der Waals surface area contributed by atoms with Gasteiger partial charge in [0.1, 0.15) is 23.7 Å². The fourth-order valence-corrected chi connectivity index (χ4v) is 4.97. The summed E-state index contributed by atoms with van der Waals surface area (Å²) >= 11 is 0. The summed E-state index contributed by atoms with van der Waals surface area (Å²) in [5.74, 6) is -0.590. The lowest BCUT2D eigenvalue weighted by Gasteiger charge is -2.38. The van der Waals surface area contributed by atoms with Gasteiger partial charge in [0.15, 0.2) is 0 Å². The number of aryl methyl sites for hydroxylation is 2. The number of carboxylic acid groups (broad SMARTS) is 1. The Morgan fingerprint density at radius 3 is 2.72 bits per heavy atom. The third-order valence-electron chi connectivity index (χ3n) is 6.58. The Balaban J connectivity index is 1.38. The van der Waals surface area contributed by atoms with Gasteiger partial charge in [-0.15, -0.1) is 0 Å². The molecule has 1 aliphatic heterocycles. The molecule has 0 amide bonds. The number of hydrogen-bond acceptors (Lipinski definition) is 5. The Hall–Kier alpha value is -3.44. The molecule has 0 unspecified atom stereocenters. The van der Waals surface area contributed by atoms with Crippen LogP contribution in [0, 0.1) is 17.1 Å². The van der Waals surface area contributed by atoms with Crippen molar-refractivity contribution in [2.75, 3.05) is 31.1 Å². The Morgan fingerprint density at radius 1 is 1.19 bits per heavy atom. The van der Waals surface area contributed by atoms with Crippen molar-refractivity contribution in [1.82, 2.24) is 14.9 Å². The average Bonchev–Trinajstić information content (AvgIpc) is 3.21. The molecular weight excluding hydrogens is 409 g/mol. The van der Waals surface area contributed by atoms with E-state index in [9.17, 15) is 19.6 Å². The second kappa shape index (κ2) is 8.24. The molecule has 0 saturated carbocycles. The van der Waals surface area contributed by atoms with Crippen LogP contribution in [0.3, 0.4) is 0 Å². The number of pyridine rings is 1. The van der Waals surface area contributed by atoms with Crippen LogP contribution < -0.4 is 4.90 Å². The van der Waals surface area contributed by atoms with Crippen LogP contribution in [0.4, 0.5) is 10.2 Å². The minimum Gasteiger partial charge on any atom is -0.480 e. The Kier molecular flexibility index (Phi) is 5.27. The van der Waals surface area contributed by atoms with Crippen molar-refractivity contribution in [3.05, 3.63) is 58.7 Å². The topological polar surface area (TPSA) is 96.2 Å². The highest BCUT2D eigenvalue weighted by Crippen LogP contribution is 2.32. The molecule has 2 aromatic heterocycles. The van der Waals surface area contributed by atoms with Gasteiger partial charge in [0, 0.05) is 54.5 Å². The number of carbonyl (C=O) groups is 1. The molecule has 3 aromatic rings. The fourth-order valence-electron chi connectivity index (χ4n) is 4.97. The second-order valence-corrected chi connectivity index (χ2v) is 8.48. The summed E-state index contributed by atoms with van der Waals surface area (Å²) in [7, 11) is 0. The number of nitrogens with zero attached hydrogens (tertiary/aromatic N) is 4. The molecule has 0 spiro atoms. The molecule has 2 aliphatic rings. The predicted molar refractivity (Wildman–Crippen MR) is 118 cm³/mol. The van der Waals surface area contributed by atoms with Crippen LogP contribution in [0.15, 0.2) is 30.5 Å². The van der Waals surface area contributed by atoms with Gasteiger partial charge in [-0.2, -0.15) is 5.26 Å². The average molecular weight is 433 g/mol. The Labute approximate surface area is 185 Å². The van der Waals surface area contributed by atoms with E-state index >= 15 is 0 Å². The van der Waals surface area contributed by atoms with E-state index in [2.05, 4.69) is 16.0 Å². The molecule has 1 aliphatic carbocycles. The lowest BCUT2D eigenvalue weighted by Crippen LogP contribution is -2.49. The smallest absolute Gasteiger partial charge is 0.325 e. The lowest BCUT2D eigenvalue weighted by atomic mass is 9.94. The number of anilines is 1. The van der Waals surface area contributed by atoms with Crippen LogP contribution in [0.2, 0.25) is 0 Å². The molecule has 1 fully saturated rings. The monoisotopic (exact) mass is 433 g/mol. The zero-order chi connectivity index (χ0) is 22.2. The largest absolute Gasteiger partial charge is 0.480 e. The minimum absolute atomic E-state index is 0.364. The summed E-state index contributed by atoms with van der Waals surface area (Å²) in [6.07, 6.45) is 5.83. The van der Waals surface area contributed by atoms with Crippen molar-refractivity contribution < 1.29 is 14.3 Å². The van der Waals surface area contributed by atoms with Crippen LogP contribution >= 0.6 is 0 Å². The molecule has 1 saturated heterocycles. The van der Waals surface area contributed by atoms with Gasteiger partial charge in [0.05, 0.1) is 5.56 Å². The summed E-state index contributed by atoms with van der Waals surface area (Å²) in [5, 5.41) is 20.4. The summed E-state index contributed by atoms with van der Waals surface area (Å²) in [6, 6.07) is 7.79. The van der Waals surface area contributed by atoms with Gasteiger partial charge in [-0.3, -0.25) is 9.69 Å². The number of aromatic nitrogens is 2. The highest BCUT2D eigenvalue weighted by atomic mass is 19.1. The van der Waals surface area contributed by atoms with Crippen molar-refractivity contribution in [1.29, 1.82) is 5.26 Å². The van der Waals surface area contributed by atoms with E-state index in [1.165, 1.54) is 17.7 Å². The van der Waals surface area contributed by atoms with Crippen LogP contribution in [0.5, 0.6) is 0 Å². The third kappa shape index (κ3) is 3.59. The van der Waals surface area contributed by atoms with E-state index in [1.807, 2.05) is 11.0 Å². The van der Waals surface area contributed by atoms with E-state index in [-0.39, 0.29) is 5.82 Å². The molecular formula is C24H24FN5O2. The summed E-state index contributed by atoms with van der Waals surface area (Å²) in [6.45, 7) is 2.21. The number of H-pyrrole nitrogens is 1. The van der Waals surface area contributed by atoms with Crippen LogP contribution in [0.25, 0.3) is 10.9 Å². The van der Waals surface area contributed by atoms with E-state index in [0.29, 0.717) is 54.0 Å². The maximum Gasteiger partial charge on any atom is 0.325 e. The predicted octanol–water partition coefficient (Wildman–Crippen LogP) is 3.40. The molecule has 5 rings (SSSR count). The number of halogens is 1. The molecule has 1 atom stereocenters. The van der Waals surface area contributed by atoms with Crippen LogP contribution in [-0.2, 0) is 17.6 Å². The van der Waals surface area contributed by atoms with E-state index in [1.54, 1.807) is 12.3 Å². The molecule has 0 bridgehead atoms. The zero-order valence-corrected chi connectivity index (χ0v) is 17.6. The van der Waals surface area contributed by atoms with Gasteiger partial charge < -0.3 is 15.0 Å². The quantitative estimate of drug-likeness (QED) is 0.655. The first-order chi connectivity index (χ1) is 15.5. The molecule has 8 heteroatoms. The summed E-state index contributed by atoms with van der Waals surface area (Å²) in [4.78, 5) is 24.1. The zero-order valence-electron chi connectivity index (χ0n) is 17.6. The molecule has 1 aromatic carbocycles. The van der Waals surface area contributed by atoms with E-state index in [4.69, 9.17) is 4.98 Å². The van der Waals surface area contributed by atoms with Crippen LogP contribution in [0.1, 0.15) is 41.3 Å². The number of rotatable bonds is 4. The van der Waals surface area contributed by atoms with Crippen LogP contribution in [-0.4, -0.2) is 52.1 Å².